The third kappa shape index (κ3) is 3.53. The first-order valence-corrected chi connectivity index (χ1v) is 7.55. The van der Waals surface area contributed by atoms with E-state index in [-0.39, 0.29) is 21.6 Å². The second-order valence-corrected chi connectivity index (χ2v) is 5.88. The Balaban J connectivity index is 2.41. The van der Waals surface area contributed by atoms with Crippen molar-refractivity contribution in [2.75, 3.05) is 18.9 Å². The van der Waals surface area contributed by atoms with Crippen molar-refractivity contribution >= 4 is 27.4 Å². The second kappa shape index (κ2) is 6.15. The molecule has 0 fully saturated rings. The molecule has 0 radical (unpaired) electrons. The number of nitrogens with one attached hydrogen (secondary N) is 1. The van der Waals surface area contributed by atoms with Gasteiger partial charge in [-0.05, 0) is 12.1 Å². The largest absolute Gasteiger partial charge is 0.497 e. The topological polar surface area (TPSA) is 90.4 Å². The highest BCUT2D eigenvalue weighted by atomic mass is 35.5. The molecule has 2 rings (SSSR count). The standard InChI is InChI=1S/C12H12ClN3O4S/c1-19-8-3-4-9(20-2)10(5-8)21(17,18)16-12-7-14-11(13)6-15-12/h3-7H,1-2H3,(H,15,16). The predicted molar refractivity (Wildman–Crippen MR) is 77.4 cm³/mol. The van der Waals surface area contributed by atoms with Gasteiger partial charge in [-0.25, -0.2) is 18.4 Å². The number of halogens is 1. The fourth-order valence-corrected chi connectivity index (χ4v) is 2.83. The molecule has 0 saturated heterocycles. The molecule has 21 heavy (non-hydrogen) atoms. The van der Waals surface area contributed by atoms with Crippen LogP contribution in [-0.2, 0) is 10.0 Å². The summed E-state index contributed by atoms with van der Waals surface area (Å²) < 4.78 is 37.1. The molecule has 1 aromatic carbocycles. The van der Waals surface area contributed by atoms with Crippen molar-refractivity contribution in [2.45, 2.75) is 4.90 Å². The minimum Gasteiger partial charge on any atom is -0.497 e. The number of hydrogen-bond donors (Lipinski definition) is 1. The van der Waals surface area contributed by atoms with E-state index in [2.05, 4.69) is 14.7 Å². The maximum absolute atomic E-state index is 12.4. The molecule has 0 unspecified atom stereocenters. The lowest BCUT2D eigenvalue weighted by Gasteiger charge is -2.12. The Kier molecular flexibility index (Phi) is 4.49. The minimum absolute atomic E-state index is 0.0456. The summed E-state index contributed by atoms with van der Waals surface area (Å²) in [6.07, 6.45) is 2.45. The summed E-state index contributed by atoms with van der Waals surface area (Å²) in [6, 6.07) is 4.45. The molecule has 0 aliphatic carbocycles. The molecule has 1 N–H and O–H groups in total. The molecule has 0 aliphatic heterocycles. The highest BCUT2D eigenvalue weighted by Crippen LogP contribution is 2.29. The molecule has 2 aromatic rings. The first-order valence-electron chi connectivity index (χ1n) is 5.68. The quantitative estimate of drug-likeness (QED) is 0.901. The van der Waals surface area contributed by atoms with Crippen LogP contribution in [0.1, 0.15) is 0 Å². The summed E-state index contributed by atoms with van der Waals surface area (Å²) in [5.41, 5.74) is 0. The van der Waals surface area contributed by atoms with Crippen LogP contribution < -0.4 is 14.2 Å². The van der Waals surface area contributed by atoms with Crippen LogP contribution >= 0.6 is 11.6 Å². The van der Waals surface area contributed by atoms with Crippen molar-refractivity contribution < 1.29 is 17.9 Å². The van der Waals surface area contributed by atoms with Crippen LogP contribution in [0.3, 0.4) is 0 Å². The second-order valence-electron chi connectivity index (χ2n) is 3.85. The van der Waals surface area contributed by atoms with Gasteiger partial charge in [0.15, 0.2) is 5.82 Å². The van der Waals surface area contributed by atoms with Crippen LogP contribution in [0.15, 0.2) is 35.5 Å². The van der Waals surface area contributed by atoms with E-state index < -0.39 is 10.0 Å². The maximum atomic E-state index is 12.4. The molecule has 0 amide bonds. The van der Waals surface area contributed by atoms with Crippen molar-refractivity contribution in [3.63, 3.8) is 0 Å². The normalized spacial score (nSPS) is 11.0. The van der Waals surface area contributed by atoms with E-state index in [4.69, 9.17) is 21.1 Å². The monoisotopic (exact) mass is 329 g/mol. The Morgan fingerprint density at radius 3 is 2.48 bits per heavy atom. The van der Waals surface area contributed by atoms with Gasteiger partial charge >= 0.3 is 0 Å². The molecule has 1 heterocycles. The van der Waals surface area contributed by atoms with Crippen LogP contribution in [0, 0.1) is 0 Å². The number of anilines is 1. The molecule has 1 aromatic heterocycles. The van der Waals surface area contributed by atoms with Crippen LogP contribution in [0.25, 0.3) is 0 Å². The number of sulfonamides is 1. The summed E-state index contributed by atoms with van der Waals surface area (Å²) in [4.78, 5) is 7.52. The van der Waals surface area contributed by atoms with E-state index in [1.807, 2.05) is 0 Å². The van der Waals surface area contributed by atoms with E-state index in [1.54, 1.807) is 6.07 Å². The summed E-state index contributed by atoms with van der Waals surface area (Å²) >= 11 is 5.60. The van der Waals surface area contributed by atoms with Gasteiger partial charge in [0.2, 0.25) is 0 Å². The molecule has 0 bridgehead atoms. The first kappa shape index (κ1) is 15.3. The van der Waals surface area contributed by atoms with Gasteiger partial charge in [-0.1, -0.05) is 11.6 Å². The van der Waals surface area contributed by atoms with Gasteiger partial charge in [-0.3, -0.25) is 4.72 Å². The van der Waals surface area contributed by atoms with Gasteiger partial charge in [0.25, 0.3) is 10.0 Å². The minimum atomic E-state index is -3.90. The average Bonchev–Trinajstić information content (AvgIpc) is 2.48. The van der Waals surface area contributed by atoms with Gasteiger partial charge in [0.1, 0.15) is 21.5 Å². The van der Waals surface area contributed by atoms with Crippen molar-refractivity contribution in [1.29, 1.82) is 0 Å². The SMILES string of the molecule is COc1ccc(OC)c(S(=O)(=O)Nc2cnc(Cl)cn2)c1. The lowest BCUT2D eigenvalue weighted by molar-refractivity contribution is 0.392. The van der Waals surface area contributed by atoms with Crippen LogP contribution in [0.4, 0.5) is 5.82 Å². The molecule has 0 saturated carbocycles. The van der Waals surface area contributed by atoms with Crippen molar-refractivity contribution in [1.82, 2.24) is 9.97 Å². The Morgan fingerprint density at radius 2 is 1.90 bits per heavy atom. The first-order chi connectivity index (χ1) is 9.96. The smallest absolute Gasteiger partial charge is 0.266 e. The number of ether oxygens (including phenoxy) is 2. The fourth-order valence-electron chi connectivity index (χ4n) is 1.55. The Hall–Kier alpha value is -2.06. The molecule has 0 atom stereocenters. The highest BCUT2D eigenvalue weighted by molar-refractivity contribution is 7.92. The van der Waals surface area contributed by atoms with Gasteiger partial charge in [0, 0.05) is 6.07 Å². The van der Waals surface area contributed by atoms with Gasteiger partial charge < -0.3 is 9.47 Å². The number of methoxy groups -OCH3 is 2. The number of benzene rings is 1. The zero-order chi connectivity index (χ0) is 15.5. The Morgan fingerprint density at radius 1 is 1.14 bits per heavy atom. The summed E-state index contributed by atoms with van der Waals surface area (Å²) in [6.45, 7) is 0. The third-order valence-electron chi connectivity index (χ3n) is 2.52. The van der Waals surface area contributed by atoms with Crippen LogP contribution in [0.5, 0.6) is 11.5 Å². The molecular weight excluding hydrogens is 318 g/mol. The van der Waals surface area contributed by atoms with Gasteiger partial charge in [-0.15, -0.1) is 0 Å². The lowest BCUT2D eigenvalue weighted by atomic mass is 10.3. The Labute approximate surface area is 126 Å². The van der Waals surface area contributed by atoms with Crippen molar-refractivity contribution in [3.8, 4) is 11.5 Å². The molecular formula is C12H12ClN3O4S. The van der Waals surface area contributed by atoms with Crippen LogP contribution in [-0.4, -0.2) is 32.6 Å². The number of hydrogen-bond acceptors (Lipinski definition) is 6. The van der Waals surface area contributed by atoms with E-state index in [9.17, 15) is 8.42 Å². The summed E-state index contributed by atoms with van der Waals surface area (Å²) in [5.74, 6) is 0.618. The van der Waals surface area contributed by atoms with Crippen LogP contribution in [0.2, 0.25) is 5.15 Å². The molecule has 0 aliphatic rings. The number of aromatic nitrogens is 2. The van der Waals surface area contributed by atoms with E-state index >= 15 is 0 Å². The predicted octanol–water partition coefficient (Wildman–Crippen LogP) is 1.95. The van der Waals surface area contributed by atoms with Gasteiger partial charge in [0.05, 0.1) is 26.6 Å². The van der Waals surface area contributed by atoms with E-state index in [0.717, 1.165) is 0 Å². The molecule has 9 heteroatoms. The molecule has 7 nitrogen and oxygen atoms in total. The number of rotatable bonds is 5. The summed E-state index contributed by atoms with van der Waals surface area (Å²) in [5, 5.41) is 0.164. The zero-order valence-electron chi connectivity index (χ0n) is 11.2. The fraction of sp³-hybridized carbons (Fsp3) is 0.167. The van der Waals surface area contributed by atoms with Crippen molar-refractivity contribution in [3.05, 3.63) is 35.7 Å². The van der Waals surface area contributed by atoms with Crippen molar-refractivity contribution in [2.24, 2.45) is 0 Å². The third-order valence-corrected chi connectivity index (χ3v) is 4.09. The summed E-state index contributed by atoms with van der Waals surface area (Å²) in [7, 11) is -1.08. The maximum Gasteiger partial charge on any atom is 0.266 e. The Bertz CT molecular complexity index is 735. The average molecular weight is 330 g/mol. The van der Waals surface area contributed by atoms with E-state index in [1.165, 1.54) is 38.7 Å². The molecule has 112 valence electrons. The molecule has 0 spiro atoms. The van der Waals surface area contributed by atoms with E-state index in [0.29, 0.717) is 5.75 Å². The highest BCUT2D eigenvalue weighted by Gasteiger charge is 2.21. The zero-order valence-corrected chi connectivity index (χ0v) is 12.8. The van der Waals surface area contributed by atoms with Gasteiger partial charge in [-0.2, -0.15) is 0 Å². The number of nitrogens with zero attached hydrogens (tertiary/aromatic N) is 2. The lowest BCUT2D eigenvalue weighted by Crippen LogP contribution is -2.15.